The van der Waals surface area contributed by atoms with Crippen LogP contribution in [0.3, 0.4) is 0 Å². The van der Waals surface area contributed by atoms with Crippen LogP contribution in [0.4, 0.5) is 0 Å². The molecule has 1 saturated heterocycles. The topological polar surface area (TPSA) is 40.5 Å². The van der Waals surface area contributed by atoms with E-state index in [0.717, 1.165) is 25.7 Å². The van der Waals surface area contributed by atoms with E-state index in [-0.39, 0.29) is 17.0 Å². The number of aliphatic carboxylic acids is 1. The monoisotopic (exact) mass is 409 g/mol. The van der Waals surface area contributed by atoms with Gasteiger partial charge in [0.05, 0.1) is 5.92 Å². The molecule has 1 unspecified atom stereocenters. The Kier molecular flexibility index (Phi) is 11.8. The fourth-order valence-corrected chi connectivity index (χ4v) is 5.50. The molecule has 3 heteroatoms. The number of carbonyl (C=O) groups is 1. The number of carboxylic acid groups (broad SMARTS) is 1. The Bertz CT molecular complexity index is 440. The van der Waals surface area contributed by atoms with Crippen molar-refractivity contribution in [3.8, 4) is 0 Å². The quantitative estimate of drug-likeness (QED) is 0.282. The minimum absolute atomic E-state index is 0.0661. The zero-order valence-electron chi connectivity index (χ0n) is 20.6. The Hall–Kier alpha value is -0.570. The van der Waals surface area contributed by atoms with E-state index < -0.39 is 5.97 Å². The predicted octanol–water partition coefficient (Wildman–Crippen LogP) is 7.68. The number of unbranched alkanes of at least 4 members (excludes halogenated alkanes) is 11. The van der Waals surface area contributed by atoms with Crippen molar-refractivity contribution in [1.29, 1.82) is 0 Å². The van der Waals surface area contributed by atoms with E-state index in [1.54, 1.807) is 0 Å². The number of piperidine rings is 1. The van der Waals surface area contributed by atoms with E-state index in [4.69, 9.17) is 0 Å². The lowest BCUT2D eigenvalue weighted by Gasteiger charge is -2.54. The molecule has 1 N–H and O–H groups in total. The standard InChI is InChI=1S/C26H51NO2/c1-7-8-9-10-11-12-13-14-15-16-17-18-19-23(24(28)29)22-20-25(2,3)27(6)26(4,5)21-22/h22-23H,7-21H2,1-6H3,(H,28,29). The molecule has 0 aromatic rings. The van der Waals surface area contributed by atoms with Crippen molar-refractivity contribution >= 4 is 5.97 Å². The summed E-state index contributed by atoms with van der Waals surface area (Å²) in [5.41, 5.74) is 0.132. The normalized spacial score (nSPS) is 20.6. The zero-order valence-corrected chi connectivity index (χ0v) is 20.6. The Morgan fingerprint density at radius 3 is 1.59 bits per heavy atom. The summed E-state index contributed by atoms with van der Waals surface area (Å²) in [7, 11) is 2.19. The predicted molar refractivity (Wildman–Crippen MR) is 125 cm³/mol. The summed E-state index contributed by atoms with van der Waals surface area (Å²) < 4.78 is 0. The van der Waals surface area contributed by atoms with Crippen LogP contribution in [0.5, 0.6) is 0 Å². The van der Waals surface area contributed by atoms with Gasteiger partial charge < -0.3 is 5.11 Å². The summed E-state index contributed by atoms with van der Waals surface area (Å²) in [6.07, 6.45) is 18.8. The third-order valence-electron chi connectivity index (χ3n) is 7.59. The van der Waals surface area contributed by atoms with Gasteiger partial charge in [-0.3, -0.25) is 9.69 Å². The number of hydrogen-bond acceptors (Lipinski definition) is 2. The fraction of sp³-hybridized carbons (Fsp3) is 0.962. The highest BCUT2D eigenvalue weighted by atomic mass is 16.4. The number of carboxylic acids is 1. The van der Waals surface area contributed by atoms with Crippen LogP contribution >= 0.6 is 0 Å². The van der Waals surface area contributed by atoms with E-state index in [1.165, 1.54) is 70.6 Å². The molecule has 1 atom stereocenters. The summed E-state index contributed by atoms with van der Waals surface area (Å²) in [6, 6.07) is 0. The maximum atomic E-state index is 12.0. The van der Waals surface area contributed by atoms with Crippen LogP contribution in [0.25, 0.3) is 0 Å². The first-order chi connectivity index (χ1) is 13.6. The molecular weight excluding hydrogens is 358 g/mol. The highest BCUT2D eigenvalue weighted by Crippen LogP contribution is 2.44. The van der Waals surface area contributed by atoms with Crippen LogP contribution < -0.4 is 0 Å². The first kappa shape index (κ1) is 26.5. The van der Waals surface area contributed by atoms with Crippen LogP contribution in [0.2, 0.25) is 0 Å². The highest BCUT2D eigenvalue weighted by molar-refractivity contribution is 5.70. The van der Waals surface area contributed by atoms with E-state index in [1.807, 2.05) is 0 Å². The molecule has 172 valence electrons. The van der Waals surface area contributed by atoms with Gasteiger partial charge in [0.1, 0.15) is 0 Å². The van der Waals surface area contributed by atoms with Gasteiger partial charge in [0.15, 0.2) is 0 Å². The van der Waals surface area contributed by atoms with Gasteiger partial charge in [-0.2, -0.15) is 0 Å². The average molecular weight is 410 g/mol. The van der Waals surface area contributed by atoms with Crippen molar-refractivity contribution in [2.45, 2.75) is 142 Å². The molecule has 0 aliphatic carbocycles. The number of hydrogen-bond donors (Lipinski definition) is 1. The molecule has 29 heavy (non-hydrogen) atoms. The molecule has 1 aliphatic rings. The molecule has 0 aromatic heterocycles. The Morgan fingerprint density at radius 1 is 0.828 bits per heavy atom. The van der Waals surface area contributed by atoms with E-state index in [0.29, 0.717) is 5.92 Å². The van der Waals surface area contributed by atoms with Crippen LogP contribution in [-0.2, 0) is 4.79 Å². The summed E-state index contributed by atoms with van der Waals surface area (Å²) in [6.45, 7) is 11.3. The van der Waals surface area contributed by atoms with Crippen LogP contribution in [-0.4, -0.2) is 34.1 Å². The second kappa shape index (κ2) is 13.0. The smallest absolute Gasteiger partial charge is 0.306 e. The van der Waals surface area contributed by atoms with E-state index in [2.05, 4.69) is 46.6 Å². The molecule has 0 spiro atoms. The minimum atomic E-state index is -0.575. The number of nitrogens with zero attached hydrogens (tertiary/aromatic N) is 1. The second-order valence-corrected chi connectivity index (χ2v) is 11.0. The molecule has 0 radical (unpaired) electrons. The summed E-state index contributed by atoms with van der Waals surface area (Å²) in [4.78, 5) is 14.5. The zero-order chi connectivity index (χ0) is 21.9. The third kappa shape index (κ3) is 9.40. The van der Waals surface area contributed by atoms with E-state index >= 15 is 0 Å². The second-order valence-electron chi connectivity index (χ2n) is 11.0. The molecule has 1 aliphatic heterocycles. The van der Waals surface area contributed by atoms with Crippen LogP contribution in [0, 0.1) is 11.8 Å². The SMILES string of the molecule is CCCCCCCCCCCCCCC(C(=O)O)C1CC(C)(C)N(C)C(C)(C)C1. The summed E-state index contributed by atoms with van der Waals surface area (Å²) in [5, 5.41) is 9.90. The largest absolute Gasteiger partial charge is 0.481 e. The molecule has 1 fully saturated rings. The van der Waals surface area contributed by atoms with Crippen molar-refractivity contribution in [2.24, 2.45) is 11.8 Å². The molecule has 1 heterocycles. The Labute approximate surface area is 182 Å². The molecule has 0 bridgehead atoms. The molecular formula is C26H51NO2. The summed E-state index contributed by atoms with van der Waals surface area (Å²) >= 11 is 0. The maximum Gasteiger partial charge on any atom is 0.306 e. The average Bonchev–Trinajstić information content (AvgIpc) is 2.62. The molecule has 3 nitrogen and oxygen atoms in total. The van der Waals surface area contributed by atoms with Gasteiger partial charge in [0, 0.05) is 11.1 Å². The van der Waals surface area contributed by atoms with Crippen molar-refractivity contribution < 1.29 is 9.90 Å². The van der Waals surface area contributed by atoms with Crippen molar-refractivity contribution in [3.05, 3.63) is 0 Å². The van der Waals surface area contributed by atoms with E-state index in [9.17, 15) is 9.90 Å². The van der Waals surface area contributed by atoms with Crippen molar-refractivity contribution in [3.63, 3.8) is 0 Å². The highest BCUT2D eigenvalue weighted by Gasteiger charge is 2.46. The van der Waals surface area contributed by atoms with Gasteiger partial charge in [0.25, 0.3) is 0 Å². The Morgan fingerprint density at radius 2 is 1.21 bits per heavy atom. The molecule has 0 amide bonds. The first-order valence-corrected chi connectivity index (χ1v) is 12.6. The van der Waals surface area contributed by atoms with Gasteiger partial charge in [0.2, 0.25) is 0 Å². The van der Waals surface area contributed by atoms with Gasteiger partial charge in [-0.15, -0.1) is 0 Å². The number of likely N-dealkylation sites (tertiary alicyclic amines) is 1. The minimum Gasteiger partial charge on any atom is -0.481 e. The lowest BCUT2D eigenvalue weighted by Crippen LogP contribution is -2.59. The van der Waals surface area contributed by atoms with Gasteiger partial charge in [-0.05, 0) is 59.9 Å². The van der Waals surface area contributed by atoms with Crippen LogP contribution in [0.1, 0.15) is 131 Å². The summed E-state index contributed by atoms with van der Waals surface area (Å²) in [5.74, 6) is -0.457. The van der Waals surface area contributed by atoms with Crippen molar-refractivity contribution in [2.75, 3.05) is 7.05 Å². The fourth-order valence-electron chi connectivity index (χ4n) is 5.50. The van der Waals surface area contributed by atoms with Gasteiger partial charge >= 0.3 is 5.97 Å². The lowest BCUT2D eigenvalue weighted by atomic mass is 9.68. The lowest BCUT2D eigenvalue weighted by molar-refractivity contribution is -0.147. The first-order valence-electron chi connectivity index (χ1n) is 12.6. The van der Waals surface area contributed by atoms with Gasteiger partial charge in [-0.25, -0.2) is 0 Å². The van der Waals surface area contributed by atoms with Gasteiger partial charge in [-0.1, -0.05) is 84.0 Å². The molecule has 0 aromatic carbocycles. The molecule has 1 rings (SSSR count). The molecule has 0 saturated carbocycles. The Balaban J connectivity index is 2.25. The maximum absolute atomic E-state index is 12.0. The van der Waals surface area contributed by atoms with Crippen molar-refractivity contribution in [1.82, 2.24) is 4.90 Å². The van der Waals surface area contributed by atoms with Crippen LogP contribution in [0.15, 0.2) is 0 Å². The third-order valence-corrected chi connectivity index (χ3v) is 7.59. The number of rotatable bonds is 15.